The summed E-state index contributed by atoms with van der Waals surface area (Å²) in [4.78, 5) is 16.6. The van der Waals surface area contributed by atoms with Crippen LogP contribution in [0, 0.1) is 0 Å². The third-order valence-electron chi connectivity index (χ3n) is 3.40. The number of rotatable bonds is 4. The molecule has 1 aromatic heterocycles. The Morgan fingerprint density at radius 2 is 2.11 bits per heavy atom. The summed E-state index contributed by atoms with van der Waals surface area (Å²) >= 11 is 0. The molecule has 0 unspecified atom stereocenters. The van der Waals surface area contributed by atoms with Gasteiger partial charge in [0, 0.05) is 24.3 Å². The number of hydrogen-bond donors (Lipinski definition) is 2. The van der Waals surface area contributed by atoms with Crippen molar-refractivity contribution in [2.75, 3.05) is 12.4 Å². The van der Waals surface area contributed by atoms with Crippen LogP contribution >= 0.6 is 0 Å². The Kier molecular flexibility index (Phi) is 3.84. The van der Waals surface area contributed by atoms with Crippen LogP contribution in [-0.4, -0.2) is 24.0 Å². The zero-order valence-electron chi connectivity index (χ0n) is 11.3. The van der Waals surface area contributed by atoms with Gasteiger partial charge in [-0.25, -0.2) is 4.98 Å². The minimum Gasteiger partial charge on any atom is -0.373 e. The number of carbonyl (C=O) groups is 1. The van der Waals surface area contributed by atoms with Gasteiger partial charge in [0.1, 0.15) is 5.82 Å². The third-order valence-corrected chi connectivity index (χ3v) is 3.40. The number of amides is 1. The molecule has 0 saturated heterocycles. The van der Waals surface area contributed by atoms with E-state index in [9.17, 15) is 4.79 Å². The van der Waals surface area contributed by atoms with E-state index in [0.717, 1.165) is 24.4 Å². The predicted molar refractivity (Wildman–Crippen MR) is 73.0 cm³/mol. The molecule has 0 aromatic carbocycles. The zero-order chi connectivity index (χ0) is 13.1. The van der Waals surface area contributed by atoms with Crippen LogP contribution in [0.25, 0.3) is 0 Å². The highest BCUT2D eigenvalue weighted by atomic mass is 16.1. The summed E-state index contributed by atoms with van der Waals surface area (Å²) in [5, 5.41) is 6.06. The van der Waals surface area contributed by atoms with Gasteiger partial charge in [0.05, 0.1) is 0 Å². The lowest BCUT2D eigenvalue weighted by molar-refractivity contribution is 0.0917. The molecule has 1 aliphatic rings. The molecule has 4 heteroatoms. The lowest BCUT2D eigenvalue weighted by atomic mass is 9.93. The van der Waals surface area contributed by atoms with Crippen molar-refractivity contribution in [1.29, 1.82) is 0 Å². The maximum Gasteiger partial charge on any atom is 0.251 e. The van der Waals surface area contributed by atoms with Crippen LogP contribution in [0.15, 0.2) is 12.1 Å². The van der Waals surface area contributed by atoms with Gasteiger partial charge in [0.2, 0.25) is 0 Å². The van der Waals surface area contributed by atoms with E-state index in [1.54, 1.807) is 6.07 Å². The van der Waals surface area contributed by atoms with Crippen molar-refractivity contribution < 1.29 is 4.79 Å². The summed E-state index contributed by atoms with van der Waals surface area (Å²) in [5.74, 6) is 1.08. The van der Waals surface area contributed by atoms with Gasteiger partial charge in [-0.2, -0.15) is 0 Å². The second-order valence-electron chi connectivity index (χ2n) is 5.17. The van der Waals surface area contributed by atoms with Crippen LogP contribution in [0.2, 0.25) is 0 Å². The summed E-state index contributed by atoms with van der Waals surface area (Å²) in [5.41, 5.74) is 1.64. The Labute approximate surface area is 108 Å². The van der Waals surface area contributed by atoms with Crippen LogP contribution in [0.1, 0.15) is 55.1 Å². The quantitative estimate of drug-likeness (QED) is 0.859. The van der Waals surface area contributed by atoms with Crippen molar-refractivity contribution in [2.24, 2.45) is 0 Å². The van der Waals surface area contributed by atoms with Gasteiger partial charge in [0.25, 0.3) is 5.91 Å². The molecule has 4 nitrogen and oxygen atoms in total. The molecule has 0 atom stereocenters. The first kappa shape index (κ1) is 12.9. The Bertz CT molecular complexity index is 439. The third kappa shape index (κ3) is 2.81. The molecule has 0 radical (unpaired) electrons. The zero-order valence-corrected chi connectivity index (χ0v) is 11.3. The number of anilines is 1. The van der Waals surface area contributed by atoms with Crippen LogP contribution in [-0.2, 0) is 0 Å². The van der Waals surface area contributed by atoms with E-state index in [4.69, 9.17) is 0 Å². The Balaban J connectivity index is 2.19. The topological polar surface area (TPSA) is 54.0 Å². The molecule has 18 heavy (non-hydrogen) atoms. The van der Waals surface area contributed by atoms with Crippen LogP contribution < -0.4 is 10.6 Å². The summed E-state index contributed by atoms with van der Waals surface area (Å²) in [6.45, 7) is 4.16. The highest BCUT2D eigenvalue weighted by molar-refractivity contribution is 5.95. The van der Waals surface area contributed by atoms with Gasteiger partial charge in [0.15, 0.2) is 0 Å². The molecule has 2 rings (SSSR count). The van der Waals surface area contributed by atoms with E-state index in [1.807, 2.05) is 13.1 Å². The molecule has 1 heterocycles. The smallest absolute Gasteiger partial charge is 0.251 e. The first-order chi connectivity index (χ1) is 8.60. The molecule has 0 spiro atoms. The number of carbonyl (C=O) groups excluding carboxylic acids is 1. The molecular weight excluding hydrogens is 226 g/mol. The van der Waals surface area contributed by atoms with Crippen molar-refractivity contribution in [3.63, 3.8) is 0 Å². The lowest BCUT2D eigenvalue weighted by Gasteiger charge is -2.26. The minimum atomic E-state index is 0.0144. The molecule has 1 amide bonds. The van der Waals surface area contributed by atoms with Gasteiger partial charge in [-0.3, -0.25) is 4.79 Å². The SMILES string of the molecule is CNc1cc(C(=O)NC2CCC2)cc(C(C)C)n1. The summed E-state index contributed by atoms with van der Waals surface area (Å²) in [7, 11) is 1.82. The Hall–Kier alpha value is -1.58. The second-order valence-corrected chi connectivity index (χ2v) is 5.17. The molecule has 1 aromatic rings. The van der Waals surface area contributed by atoms with Crippen LogP contribution in [0.3, 0.4) is 0 Å². The number of aromatic nitrogens is 1. The van der Waals surface area contributed by atoms with Crippen molar-refractivity contribution in [3.05, 3.63) is 23.4 Å². The Morgan fingerprint density at radius 1 is 1.39 bits per heavy atom. The van der Waals surface area contributed by atoms with Crippen LogP contribution in [0.5, 0.6) is 0 Å². The van der Waals surface area contributed by atoms with E-state index >= 15 is 0 Å². The first-order valence-electron chi connectivity index (χ1n) is 6.60. The molecule has 2 N–H and O–H groups in total. The fraction of sp³-hybridized carbons (Fsp3) is 0.571. The monoisotopic (exact) mass is 247 g/mol. The van der Waals surface area contributed by atoms with E-state index < -0.39 is 0 Å². The molecule has 1 saturated carbocycles. The number of hydrogen-bond acceptors (Lipinski definition) is 3. The molecule has 1 aliphatic carbocycles. The highest BCUT2D eigenvalue weighted by Gasteiger charge is 2.20. The van der Waals surface area contributed by atoms with Gasteiger partial charge < -0.3 is 10.6 Å². The molecule has 0 aliphatic heterocycles. The first-order valence-corrected chi connectivity index (χ1v) is 6.60. The van der Waals surface area contributed by atoms with Crippen molar-refractivity contribution in [3.8, 4) is 0 Å². The van der Waals surface area contributed by atoms with Gasteiger partial charge in [-0.15, -0.1) is 0 Å². The molecular formula is C14H21N3O. The highest BCUT2D eigenvalue weighted by Crippen LogP contribution is 2.20. The van der Waals surface area contributed by atoms with Crippen molar-refractivity contribution in [2.45, 2.75) is 45.1 Å². The molecule has 98 valence electrons. The summed E-state index contributed by atoms with van der Waals surface area (Å²) in [6, 6.07) is 4.06. The normalized spacial score (nSPS) is 15.3. The summed E-state index contributed by atoms with van der Waals surface area (Å²) < 4.78 is 0. The molecule has 1 fully saturated rings. The largest absolute Gasteiger partial charge is 0.373 e. The van der Waals surface area contributed by atoms with Gasteiger partial charge in [-0.1, -0.05) is 13.8 Å². The lowest BCUT2D eigenvalue weighted by Crippen LogP contribution is -2.39. The fourth-order valence-corrected chi connectivity index (χ4v) is 1.93. The fourth-order valence-electron chi connectivity index (χ4n) is 1.93. The minimum absolute atomic E-state index is 0.0144. The van der Waals surface area contributed by atoms with E-state index in [0.29, 0.717) is 17.5 Å². The number of nitrogens with zero attached hydrogens (tertiary/aromatic N) is 1. The molecule has 0 bridgehead atoms. The Morgan fingerprint density at radius 3 is 2.61 bits per heavy atom. The average Bonchev–Trinajstić information content (AvgIpc) is 2.32. The van der Waals surface area contributed by atoms with Crippen molar-refractivity contribution >= 4 is 11.7 Å². The number of pyridine rings is 1. The van der Waals surface area contributed by atoms with E-state index in [2.05, 4.69) is 29.5 Å². The van der Waals surface area contributed by atoms with Crippen molar-refractivity contribution in [1.82, 2.24) is 10.3 Å². The number of nitrogens with one attached hydrogen (secondary N) is 2. The maximum atomic E-state index is 12.1. The van der Waals surface area contributed by atoms with Gasteiger partial charge >= 0.3 is 0 Å². The second kappa shape index (κ2) is 5.38. The maximum absolute atomic E-state index is 12.1. The van der Waals surface area contributed by atoms with E-state index in [1.165, 1.54) is 6.42 Å². The standard InChI is InChI=1S/C14H21N3O/c1-9(2)12-7-10(8-13(15-3)17-12)14(18)16-11-5-4-6-11/h7-9,11H,4-6H2,1-3H3,(H,15,17)(H,16,18). The summed E-state index contributed by atoms with van der Waals surface area (Å²) in [6.07, 6.45) is 3.43. The predicted octanol–water partition coefficient (Wildman–Crippen LogP) is 2.53. The van der Waals surface area contributed by atoms with Gasteiger partial charge in [-0.05, 0) is 37.3 Å². The van der Waals surface area contributed by atoms with E-state index in [-0.39, 0.29) is 5.91 Å². The van der Waals surface area contributed by atoms with Crippen LogP contribution in [0.4, 0.5) is 5.82 Å². The average molecular weight is 247 g/mol.